The van der Waals surface area contributed by atoms with E-state index < -0.39 is 6.29 Å². The lowest BCUT2D eigenvalue weighted by Crippen LogP contribution is -2.42. The second-order valence-corrected chi connectivity index (χ2v) is 4.93. The van der Waals surface area contributed by atoms with E-state index in [4.69, 9.17) is 11.5 Å². The highest BCUT2D eigenvalue weighted by molar-refractivity contribution is 5.78. The van der Waals surface area contributed by atoms with Crippen molar-refractivity contribution in [2.75, 3.05) is 13.1 Å². The van der Waals surface area contributed by atoms with Gasteiger partial charge in [0.15, 0.2) is 12.2 Å². The first-order valence-corrected chi connectivity index (χ1v) is 6.63. The SMILES string of the molecule is CC1=CCCC(NC(N)/N=C(\N)N2CCCC2)=C1. The number of hydrogen-bond acceptors (Lipinski definition) is 3. The zero-order valence-corrected chi connectivity index (χ0v) is 11.0. The summed E-state index contributed by atoms with van der Waals surface area (Å²) in [5.74, 6) is 0.552. The van der Waals surface area contributed by atoms with Crippen LogP contribution in [-0.2, 0) is 0 Å². The first-order valence-electron chi connectivity index (χ1n) is 6.63. The third-order valence-electron chi connectivity index (χ3n) is 3.32. The molecule has 1 aliphatic carbocycles. The van der Waals surface area contributed by atoms with Crippen LogP contribution in [0.3, 0.4) is 0 Å². The van der Waals surface area contributed by atoms with Crippen molar-refractivity contribution in [1.29, 1.82) is 0 Å². The van der Waals surface area contributed by atoms with Crippen molar-refractivity contribution in [2.45, 2.75) is 38.9 Å². The van der Waals surface area contributed by atoms with Crippen LogP contribution in [0.4, 0.5) is 0 Å². The number of aliphatic imine (C=N–C) groups is 1. The van der Waals surface area contributed by atoms with Gasteiger partial charge < -0.3 is 16.0 Å². The van der Waals surface area contributed by atoms with Gasteiger partial charge in [-0.25, -0.2) is 4.99 Å². The molecule has 1 saturated heterocycles. The lowest BCUT2D eigenvalue weighted by molar-refractivity contribution is 0.496. The Morgan fingerprint density at radius 3 is 2.83 bits per heavy atom. The Morgan fingerprint density at radius 2 is 2.17 bits per heavy atom. The molecule has 2 rings (SSSR count). The fraction of sp³-hybridized carbons (Fsp3) is 0.615. The average Bonchev–Trinajstić information content (AvgIpc) is 2.81. The Kier molecular flexibility index (Phi) is 4.25. The Bertz CT molecular complexity index is 377. The van der Waals surface area contributed by atoms with Gasteiger partial charge in [-0.2, -0.15) is 0 Å². The highest BCUT2D eigenvalue weighted by Gasteiger charge is 2.14. The van der Waals surface area contributed by atoms with Gasteiger partial charge in [-0.15, -0.1) is 0 Å². The Balaban J connectivity index is 1.89. The summed E-state index contributed by atoms with van der Waals surface area (Å²) in [5.41, 5.74) is 14.3. The highest BCUT2D eigenvalue weighted by Crippen LogP contribution is 2.14. The van der Waals surface area contributed by atoms with Crippen molar-refractivity contribution in [3.05, 3.63) is 23.4 Å². The van der Waals surface area contributed by atoms with Crippen molar-refractivity contribution in [1.82, 2.24) is 10.2 Å². The van der Waals surface area contributed by atoms with Gasteiger partial charge in [-0.1, -0.05) is 11.6 Å². The highest BCUT2D eigenvalue weighted by atomic mass is 15.3. The number of rotatable bonds is 3. The van der Waals surface area contributed by atoms with Crippen molar-refractivity contribution in [3.63, 3.8) is 0 Å². The van der Waals surface area contributed by atoms with Crippen molar-refractivity contribution < 1.29 is 0 Å². The fourth-order valence-electron chi connectivity index (χ4n) is 2.37. The van der Waals surface area contributed by atoms with Crippen molar-refractivity contribution in [2.24, 2.45) is 16.5 Å². The number of likely N-dealkylation sites (tertiary alicyclic amines) is 1. The molecule has 5 nitrogen and oxygen atoms in total. The van der Waals surface area contributed by atoms with Crippen molar-refractivity contribution in [3.8, 4) is 0 Å². The minimum atomic E-state index is -0.456. The number of nitrogens with one attached hydrogen (secondary N) is 1. The standard InChI is InChI=1S/C13H23N5/c1-10-5-4-6-11(9-10)16-12(14)17-13(15)18-7-2-3-8-18/h5,9,12,16H,2-4,6-8,14H2,1H3,(H2,15,17). The van der Waals surface area contributed by atoms with Crippen LogP contribution in [0.2, 0.25) is 0 Å². The predicted octanol–water partition coefficient (Wildman–Crippen LogP) is 0.853. The molecule has 1 unspecified atom stereocenters. The van der Waals surface area contributed by atoms with Gasteiger partial charge in [-0.05, 0) is 38.7 Å². The van der Waals surface area contributed by atoms with Crippen molar-refractivity contribution >= 4 is 5.96 Å². The van der Waals surface area contributed by atoms with Crippen LogP contribution >= 0.6 is 0 Å². The first-order chi connectivity index (χ1) is 8.65. The molecule has 5 heteroatoms. The molecule has 100 valence electrons. The van der Waals surface area contributed by atoms with E-state index in [9.17, 15) is 0 Å². The molecule has 0 aromatic heterocycles. The number of nitrogens with zero attached hydrogens (tertiary/aromatic N) is 2. The van der Waals surface area contributed by atoms with Crippen LogP contribution in [0.25, 0.3) is 0 Å². The molecule has 1 heterocycles. The van der Waals surface area contributed by atoms with E-state index in [-0.39, 0.29) is 0 Å². The summed E-state index contributed by atoms with van der Waals surface area (Å²) in [7, 11) is 0. The monoisotopic (exact) mass is 249 g/mol. The summed E-state index contributed by atoms with van der Waals surface area (Å²) in [6.45, 7) is 4.08. The van der Waals surface area contributed by atoms with Gasteiger partial charge in [0.1, 0.15) is 0 Å². The predicted molar refractivity (Wildman–Crippen MR) is 74.6 cm³/mol. The molecule has 0 bridgehead atoms. The molecule has 1 atom stereocenters. The fourth-order valence-corrected chi connectivity index (χ4v) is 2.37. The second-order valence-electron chi connectivity index (χ2n) is 4.93. The van der Waals surface area contributed by atoms with Gasteiger partial charge in [-0.3, -0.25) is 5.73 Å². The summed E-state index contributed by atoms with van der Waals surface area (Å²) in [4.78, 5) is 6.39. The largest absolute Gasteiger partial charge is 0.370 e. The van der Waals surface area contributed by atoms with E-state index in [1.54, 1.807) is 0 Å². The maximum Gasteiger partial charge on any atom is 0.194 e. The molecule has 0 aromatic rings. The summed E-state index contributed by atoms with van der Waals surface area (Å²) < 4.78 is 0. The third-order valence-corrected chi connectivity index (χ3v) is 3.32. The molecule has 0 amide bonds. The molecule has 2 aliphatic rings. The molecule has 0 saturated carbocycles. The summed E-state index contributed by atoms with van der Waals surface area (Å²) in [6, 6.07) is 0. The van der Waals surface area contributed by atoms with Crippen LogP contribution in [0, 0.1) is 0 Å². The van der Waals surface area contributed by atoms with Gasteiger partial charge in [0.05, 0.1) is 0 Å². The molecule has 1 aliphatic heterocycles. The van der Waals surface area contributed by atoms with Gasteiger partial charge in [0.25, 0.3) is 0 Å². The lowest BCUT2D eigenvalue weighted by Gasteiger charge is -2.20. The molecular weight excluding hydrogens is 226 g/mol. The van der Waals surface area contributed by atoms with Crippen LogP contribution in [0.5, 0.6) is 0 Å². The first kappa shape index (κ1) is 13.0. The van der Waals surface area contributed by atoms with E-state index >= 15 is 0 Å². The molecule has 1 fully saturated rings. The maximum absolute atomic E-state index is 5.95. The molecular formula is C13H23N5. The molecule has 18 heavy (non-hydrogen) atoms. The molecule has 0 aromatic carbocycles. The number of guanidine groups is 1. The van der Waals surface area contributed by atoms with Crippen LogP contribution in [0.15, 0.2) is 28.4 Å². The van der Waals surface area contributed by atoms with Gasteiger partial charge >= 0.3 is 0 Å². The molecule has 5 N–H and O–H groups in total. The van der Waals surface area contributed by atoms with E-state index in [1.807, 2.05) is 0 Å². The van der Waals surface area contributed by atoms with Gasteiger partial charge in [0, 0.05) is 18.8 Å². The third kappa shape index (κ3) is 3.50. The van der Waals surface area contributed by atoms with E-state index in [2.05, 4.69) is 34.3 Å². The Morgan fingerprint density at radius 1 is 1.44 bits per heavy atom. The minimum Gasteiger partial charge on any atom is -0.370 e. The maximum atomic E-state index is 5.95. The zero-order chi connectivity index (χ0) is 13.0. The molecule has 0 radical (unpaired) electrons. The normalized spacial score (nSPS) is 22.6. The summed E-state index contributed by atoms with van der Waals surface area (Å²) >= 11 is 0. The quantitative estimate of drug-likeness (QED) is 0.393. The van der Waals surface area contributed by atoms with E-state index in [1.165, 1.54) is 18.4 Å². The van der Waals surface area contributed by atoms with Gasteiger partial charge in [0.2, 0.25) is 0 Å². The second kappa shape index (κ2) is 5.91. The number of nitrogens with two attached hydrogens (primary N) is 2. The average molecular weight is 249 g/mol. The Labute approximate surface area is 109 Å². The van der Waals surface area contributed by atoms with Crippen LogP contribution < -0.4 is 16.8 Å². The zero-order valence-electron chi connectivity index (χ0n) is 11.0. The van der Waals surface area contributed by atoms with Crippen LogP contribution in [-0.4, -0.2) is 30.2 Å². The lowest BCUT2D eigenvalue weighted by atomic mass is 10.1. The van der Waals surface area contributed by atoms with E-state index in [0.717, 1.165) is 31.6 Å². The Hall–Kier alpha value is -1.49. The minimum absolute atomic E-state index is 0.456. The summed E-state index contributed by atoms with van der Waals surface area (Å²) in [6.07, 6.45) is 8.31. The number of allylic oxidation sites excluding steroid dienone is 4. The number of hydrogen-bond donors (Lipinski definition) is 3. The topological polar surface area (TPSA) is 79.7 Å². The van der Waals surface area contributed by atoms with Crippen LogP contribution in [0.1, 0.15) is 32.6 Å². The molecule has 0 spiro atoms. The summed E-state index contributed by atoms with van der Waals surface area (Å²) in [5, 5.41) is 3.21. The van der Waals surface area contributed by atoms with E-state index in [0.29, 0.717) is 5.96 Å². The smallest absolute Gasteiger partial charge is 0.194 e.